The fourth-order valence-electron chi connectivity index (χ4n) is 1.72. The minimum Gasteiger partial charge on any atom is -0.373 e. The van der Waals surface area contributed by atoms with Crippen molar-refractivity contribution in [3.8, 4) is 0 Å². The summed E-state index contributed by atoms with van der Waals surface area (Å²) in [6, 6.07) is 0. The molecule has 1 aliphatic carbocycles. The van der Waals surface area contributed by atoms with E-state index in [-0.39, 0.29) is 0 Å². The lowest BCUT2D eigenvalue weighted by Gasteiger charge is -2.37. The van der Waals surface area contributed by atoms with Crippen LogP contribution in [0.25, 0.3) is 0 Å². The molecular formula is C10H20O. The molecule has 0 aromatic carbocycles. The predicted octanol–water partition coefficient (Wildman–Crippen LogP) is 2.99. The molecule has 0 spiro atoms. The number of rotatable bonds is 2. The highest BCUT2D eigenvalue weighted by Gasteiger charge is 2.38. The van der Waals surface area contributed by atoms with Crippen LogP contribution in [0, 0.1) is 5.41 Å². The van der Waals surface area contributed by atoms with Crippen LogP contribution in [0.5, 0.6) is 0 Å². The van der Waals surface area contributed by atoms with E-state index < -0.39 is 0 Å². The van der Waals surface area contributed by atoms with Crippen LogP contribution < -0.4 is 0 Å². The topological polar surface area (TPSA) is 12.5 Å². The van der Waals surface area contributed by atoms with E-state index >= 15 is 0 Å². The zero-order chi connectivity index (χ0) is 8.32. The Morgan fingerprint density at radius 3 is 2.18 bits per heavy atom. The molecule has 1 heteroatoms. The van der Waals surface area contributed by atoms with Gasteiger partial charge in [-0.15, -0.1) is 0 Å². The van der Waals surface area contributed by atoms with E-state index in [1.54, 1.807) is 0 Å². The van der Waals surface area contributed by atoms with Gasteiger partial charge in [0.2, 0.25) is 0 Å². The first-order chi connectivity index (χ1) is 5.29. The quantitative estimate of drug-likeness (QED) is 0.560. The van der Waals surface area contributed by atoms with Gasteiger partial charge in [-0.2, -0.15) is 0 Å². The Labute approximate surface area is 70.1 Å². The molecule has 0 radical (unpaired) electrons. The number of hydrogen-bond acceptors (Lipinski definition) is 1. The van der Waals surface area contributed by atoms with E-state index in [1.807, 2.05) is 13.8 Å². The maximum Gasteiger partial charge on any atom is 0.0815 e. The van der Waals surface area contributed by atoms with Gasteiger partial charge in [0.05, 0.1) is 12.7 Å². The molecule has 2 aliphatic rings. The van der Waals surface area contributed by atoms with Crippen molar-refractivity contribution < 1.29 is 4.74 Å². The van der Waals surface area contributed by atoms with Crippen molar-refractivity contribution >= 4 is 0 Å². The number of hydrogen-bond donors (Lipinski definition) is 0. The first kappa shape index (κ1) is 9.05. The summed E-state index contributed by atoms with van der Waals surface area (Å²) >= 11 is 0. The normalized spacial score (nSPS) is 31.4. The molecule has 2 fully saturated rings. The second-order valence-electron chi connectivity index (χ2n) is 3.82. The molecule has 1 heterocycles. The Morgan fingerprint density at radius 1 is 1.36 bits per heavy atom. The molecule has 1 unspecified atom stereocenters. The molecule has 1 saturated carbocycles. The Bertz CT molecular complexity index is 112. The summed E-state index contributed by atoms with van der Waals surface area (Å²) in [6.45, 7) is 7.42. The molecule has 1 saturated heterocycles. The van der Waals surface area contributed by atoms with Crippen LogP contribution in [0.2, 0.25) is 0 Å². The molecule has 1 nitrogen and oxygen atoms in total. The van der Waals surface area contributed by atoms with Crippen LogP contribution in [0.4, 0.5) is 0 Å². The van der Waals surface area contributed by atoms with Crippen molar-refractivity contribution in [1.29, 1.82) is 0 Å². The lowest BCUT2D eigenvalue weighted by atomic mass is 9.68. The molecule has 2 rings (SSSR count). The van der Waals surface area contributed by atoms with E-state index in [0.29, 0.717) is 11.5 Å². The van der Waals surface area contributed by atoms with Crippen molar-refractivity contribution in [1.82, 2.24) is 0 Å². The summed E-state index contributed by atoms with van der Waals surface area (Å²) in [5, 5.41) is 0. The molecule has 1 atom stereocenters. The molecule has 11 heavy (non-hydrogen) atoms. The first-order valence-electron chi connectivity index (χ1n) is 4.90. The maximum atomic E-state index is 5.18. The third-order valence-electron chi connectivity index (χ3n) is 2.68. The number of epoxide rings is 1. The zero-order valence-electron chi connectivity index (χ0n) is 8.02. The molecule has 0 amide bonds. The van der Waals surface area contributed by atoms with Crippen molar-refractivity contribution in [3.05, 3.63) is 0 Å². The van der Waals surface area contributed by atoms with Crippen molar-refractivity contribution in [2.24, 2.45) is 5.41 Å². The minimum atomic E-state index is 0.648. The Hall–Kier alpha value is -0.0400. The smallest absolute Gasteiger partial charge is 0.0815 e. The third-order valence-corrected chi connectivity index (χ3v) is 2.68. The van der Waals surface area contributed by atoms with Crippen molar-refractivity contribution in [2.45, 2.75) is 52.6 Å². The fraction of sp³-hybridized carbons (Fsp3) is 1.00. The molecule has 0 bridgehead atoms. The number of ether oxygens (including phenoxy) is 1. The second-order valence-corrected chi connectivity index (χ2v) is 3.82. The Kier molecular flexibility index (Phi) is 2.94. The summed E-state index contributed by atoms with van der Waals surface area (Å²) in [4.78, 5) is 0. The highest BCUT2D eigenvalue weighted by molar-refractivity contribution is 4.88. The van der Waals surface area contributed by atoms with Crippen LogP contribution >= 0.6 is 0 Å². The van der Waals surface area contributed by atoms with Crippen LogP contribution in [-0.2, 0) is 4.74 Å². The lowest BCUT2D eigenvalue weighted by molar-refractivity contribution is 0.130. The van der Waals surface area contributed by atoms with E-state index in [1.165, 1.54) is 25.7 Å². The van der Waals surface area contributed by atoms with Crippen LogP contribution in [0.1, 0.15) is 46.5 Å². The molecule has 0 aromatic rings. The van der Waals surface area contributed by atoms with Gasteiger partial charge in [-0.25, -0.2) is 0 Å². The fourth-order valence-corrected chi connectivity index (χ4v) is 1.72. The summed E-state index contributed by atoms with van der Waals surface area (Å²) in [6.07, 6.45) is 6.30. The predicted molar refractivity (Wildman–Crippen MR) is 47.7 cm³/mol. The SMILES string of the molecule is CC.CC1(CC2CO2)CCC1. The van der Waals surface area contributed by atoms with Gasteiger partial charge in [-0.3, -0.25) is 0 Å². The molecule has 1 aliphatic heterocycles. The van der Waals surface area contributed by atoms with Gasteiger partial charge < -0.3 is 4.74 Å². The highest BCUT2D eigenvalue weighted by atomic mass is 16.6. The van der Waals surface area contributed by atoms with E-state index in [2.05, 4.69) is 6.92 Å². The monoisotopic (exact) mass is 156 g/mol. The van der Waals surface area contributed by atoms with Crippen molar-refractivity contribution in [2.75, 3.05) is 6.61 Å². The van der Waals surface area contributed by atoms with Crippen LogP contribution in [0.3, 0.4) is 0 Å². The van der Waals surface area contributed by atoms with E-state index in [9.17, 15) is 0 Å². The first-order valence-corrected chi connectivity index (χ1v) is 4.90. The van der Waals surface area contributed by atoms with Gasteiger partial charge in [-0.1, -0.05) is 27.2 Å². The van der Waals surface area contributed by atoms with Crippen molar-refractivity contribution in [3.63, 3.8) is 0 Å². The summed E-state index contributed by atoms with van der Waals surface area (Å²) in [5.74, 6) is 0. The molecule has 66 valence electrons. The minimum absolute atomic E-state index is 0.648. The standard InChI is InChI=1S/C8H14O.C2H6/c1-8(3-2-4-8)5-7-6-9-7;1-2/h7H,2-6H2,1H3;1-2H3. The molecule has 0 N–H and O–H groups in total. The largest absolute Gasteiger partial charge is 0.373 e. The van der Waals surface area contributed by atoms with Gasteiger partial charge in [-0.05, 0) is 24.7 Å². The highest BCUT2D eigenvalue weighted by Crippen LogP contribution is 2.46. The van der Waals surface area contributed by atoms with Gasteiger partial charge in [0.1, 0.15) is 0 Å². The van der Waals surface area contributed by atoms with Gasteiger partial charge in [0.25, 0.3) is 0 Å². The van der Waals surface area contributed by atoms with E-state index in [0.717, 1.165) is 6.61 Å². The zero-order valence-corrected chi connectivity index (χ0v) is 8.02. The van der Waals surface area contributed by atoms with Crippen LogP contribution in [-0.4, -0.2) is 12.7 Å². The van der Waals surface area contributed by atoms with Gasteiger partial charge in [0, 0.05) is 0 Å². The van der Waals surface area contributed by atoms with Gasteiger partial charge in [0.15, 0.2) is 0 Å². The molecule has 0 aromatic heterocycles. The average molecular weight is 156 g/mol. The maximum absolute atomic E-state index is 5.18. The lowest BCUT2D eigenvalue weighted by Crippen LogP contribution is -2.26. The average Bonchev–Trinajstić information content (AvgIpc) is 2.73. The molecular weight excluding hydrogens is 136 g/mol. The van der Waals surface area contributed by atoms with Crippen LogP contribution in [0.15, 0.2) is 0 Å². The summed E-state index contributed by atoms with van der Waals surface area (Å²) in [7, 11) is 0. The second kappa shape index (κ2) is 3.57. The Balaban J connectivity index is 0.000000281. The summed E-state index contributed by atoms with van der Waals surface area (Å²) in [5.41, 5.74) is 0.682. The Morgan fingerprint density at radius 2 is 1.91 bits per heavy atom. The van der Waals surface area contributed by atoms with E-state index in [4.69, 9.17) is 4.74 Å². The van der Waals surface area contributed by atoms with Gasteiger partial charge >= 0.3 is 0 Å². The summed E-state index contributed by atoms with van der Waals surface area (Å²) < 4.78 is 5.18. The third kappa shape index (κ3) is 2.48.